The minimum atomic E-state index is -3.28. The Labute approximate surface area is 166 Å². The SMILES string of the molecule is O=S(=O)(CCCOc1ccccc1)N1C2CCC1CC(Oc1ccncc1)C2. The van der Waals surface area contributed by atoms with Crippen LogP contribution in [-0.2, 0) is 10.0 Å². The highest BCUT2D eigenvalue weighted by molar-refractivity contribution is 7.89. The van der Waals surface area contributed by atoms with E-state index in [4.69, 9.17) is 9.47 Å². The predicted molar refractivity (Wildman–Crippen MR) is 107 cm³/mol. The van der Waals surface area contributed by atoms with Crippen LogP contribution in [0.2, 0.25) is 0 Å². The predicted octanol–water partition coefficient (Wildman–Crippen LogP) is 3.25. The van der Waals surface area contributed by atoms with E-state index in [0.717, 1.165) is 37.2 Å². The monoisotopic (exact) mass is 402 g/mol. The van der Waals surface area contributed by atoms with Crippen molar-refractivity contribution in [1.29, 1.82) is 0 Å². The van der Waals surface area contributed by atoms with Gasteiger partial charge in [-0.05, 0) is 43.5 Å². The normalized spacial score (nSPS) is 24.8. The van der Waals surface area contributed by atoms with Crippen molar-refractivity contribution in [3.05, 3.63) is 54.9 Å². The molecule has 6 nitrogen and oxygen atoms in total. The summed E-state index contributed by atoms with van der Waals surface area (Å²) in [6.07, 6.45) is 7.30. The van der Waals surface area contributed by atoms with Gasteiger partial charge in [-0.25, -0.2) is 8.42 Å². The van der Waals surface area contributed by atoms with Gasteiger partial charge in [0.1, 0.15) is 17.6 Å². The van der Waals surface area contributed by atoms with Crippen LogP contribution in [0.5, 0.6) is 11.5 Å². The lowest BCUT2D eigenvalue weighted by Gasteiger charge is -2.37. The molecule has 150 valence electrons. The fourth-order valence-corrected chi connectivity index (χ4v) is 6.28. The first-order chi connectivity index (χ1) is 13.6. The molecule has 0 radical (unpaired) electrons. The molecule has 2 atom stereocenters. The second-order valence-corrected chi connectivity index (χ2v) is 9.43. The standard InChI is InChI=1S/C21H26N2O4S/c24-28(25,14-4-13-26-19-5-2-1-3-6-19)23-17-7-8-18(23)16-21(15-17)27-20-9-11-22-12-10-20/h1-3,5-6,9-12,17-18,21H,4,7-8,13-16H2. The fourth-order valence-electron chi connectivity index (χ4n) is 4.30. The molecule has 0 saturated carbocycles. The Morgan fingerprint density at radius 3 is 2.32 bits per heavy atom. The van der Waals surface area contributed by atoms with Crippen LogP contribution in [-0.4, -0.2) is 48.3 Å². The number of hydrogen-bond acceptors (Lipinski definition) is 5. The third-order valence-electron chi connectivity index (χ3n) is 5.46. The number of fused-ring (bicyclic) bond motifs is 2. The van der Waals surface area contributed by atoms with Crippen LogP contribution >= 0.6 is 0 Å². The van der Waals surface area contributed by atoms with Crippen LogP contribution in [0.4, 0.5) is 0 Å². The van der Waals surface area contributed by atoms with Crippen LogP contribution in [0.1, 0.15) is 32.1 Å². The number of sulfonamides is 1. The zero-order chi connectivity index (χ0) is 19.4. The Hall–Kier alpha value is -2.12. The Balaban J connectivity index is 1.30. The largest absolute Gasteiger partial charge is 0.494 e. The Kier molecular flexibility index (Phi) is 5.82. The molecule has 2 unspecified atom stereocenters. The number of pyridine rings is 1. The molecule has 4 rings (SSSR count). The lowest BCUT2D eigenvalue weighted by molar-refractivity contribution is 0.0955. The van der Waals surface area contributed by atoms with Crippen LogP contribution in [0, 0.1) is 0 Å². The van der Waals surface area contributed by atoms with Gasteiger partial charge in [-0.2, -0.15) is 4.31 Å². The summed E-state index contributed by atoms with van der Waals surface area (Å²) in [4.78, 5) is 4.00. The van der Waals surface area contributed by atoms with Gasteiger partial charge in [0, 0.05) is 37.3 Å². The van der Waals surface area contributed by atoms with Gasteiger partial charge in [-0.15, -0.1) is 0 Å². The average Bonchev–Trinajstić information content (AvgIpc) is 2.99. The maximum absolute atomic E-state index is 12.9. The second kappa shape index (κ2) is 8.49. The van der Waals surface area contributed by atoms with Crippen LogP contribution < -0.4 is 9.47 Å². The number of ether oxygens (including phenoxy) is 2. The molecule has 2 aliphatic rings. The van der Waals surface area contributed by atoms with E-state index in [1.54, 1.807) is 16.7 Å². The maximum atomic E-state index is 12.9. The highest BCUT2D eigenvalue weighted by atomic mass is 32.2. The first-order valence-corrected chi connectivity index (χ1v) is 11.5. The van der Waals surface area contributed by atoms with Crippen LogP contribution in [0.25, 0.3) is 0 Å². The molecule has 2 aliphatic heterocycles. The second-order valence-electron chi connectivity index (χ2n) is 7.44. The summed E-state index contributed by atoms with van der Waals surface area (Å²) in [5.74, 6) is 1.70. The first kappa shape index (κ1) is 19.2. The number of nitrogens with zero attached hydrogens (tertiary/aromatic N) is 2. The first-order valence-electron chi connectivity index (χ1n) is 9.87. The molecule has 2 aromatic rings. The van der Waals surface area contributed by atoms with Gasteiger partial charge in [0.05, 0.1) is 12.4 Å². The van der Waals surface area contributed by atoms with E-state index in [2.05, 4.69) is 4.98 Å². The Morgan fingerprint density at radius 1 is 0.964 bits per heavy atom. The van der Waals surface area contributed by atoms with E-state index in [1.165, 1.54) is 0 Å². The van der Waals surface area contributed by atoms with Crippen molar-refractivity contribution in [2.75, 3.05) is 12.4 Å². The number of para-hydroxylation sites is 1. The molecule has 0 amide bonds. The van der Waals surface area contributed by atoms with Gasteiger partial charge >= 0.3 is 0 Å². The lowest BCUT2D eigenvalue weighted by atomic mass is 10.0. The number of rotatable bonds is 8. The molecule has 2 bridgehead atoms. The van der Waals surface area contributed by atoms with Crippen molar-refractivity contribution in [3.63, 3.8) is 0 Å². The van der Waals surface area contributed by atoms with Crippen molar-refractivity contribution in [2.24, 2.45) is 0 Å². The molecule has 2 saturated heterocycles. The van der Waals surface area contributed by atoms with Crippen molar-refractivity contribution in [3.8, 4) is 11.5 Å². The molecule has 0 N–H and O–H groups in total. The van der Waals surface area contributed by atoms with Gasteiger partial charge in [-0.3, -0.25) is 4.98 Å². The number of piperidine rings is 1. The minimum Gasteiger partial charge on any atom is -0.494 e. The quantitative estimate of drug-likeness (QED) is 0.634. The molecular formula is C21H26N2O4S. The van der Waals surface area contributed by atoms with E-state index in [1.807, 2.05) is 42.5 Å². The van der Waals surface area contributed by atoms with E-state index in [9.17, 15) is 8.42 Å². The van der Waals surface area contributed by atoms with Crippen molar-refractivity contribution in [1.82, 2.24) is 9.29 Å². The summed E-state index contributed by atoms with van der Waals surface area (Å²) in [6.45, 7) is 0.403. The lowest BCUT2D eigenvalue weighted by Crippen LogP contribution is -2.50. The van der Waals surface area contributed by atoms with E-state index in [0.29, 0.717) is 13.0 Å². The average molecular weight is 403 g/mol. The third-order valence-corrected chi connectivity index (χ3v) is 7.50. The molecule has 2 fully saturated rings. The van der Waals surface area contributed by atoms with Crippen molar-refractivity contribution >= 4 is 10.0 Å². The Bertz CT molecular complexity index is 846. The highest BCUT2D eigenvalue weighted by Gasteiger charge is 2.47. The summed E-state index contributed by atoms with van der Waals surface area (Å²) in [5, 5.41) is 0. The van der Waals surface area contributed by atoms with Gasteiger partial charge in [0.25, 0.3) is 0 Å². The van der Waals surface area contributed by atoms with Gasteiger partial charge in [-0.1, -0.05) is 18.2 Å². The van der Waals surface area contributed by atoms with Crippen LogP contribution in [0.15, 0.2) is 54.9 Å². The summed E-state index contributed by atoms with van der Waals surface area (Å²) in [5.41, 5.74) is 0. The highest BCUT2D eigenvalue weighted by Crippen LogP contribution is 2.39. The zero-order valence-corrected chi connectivity index (χ0v) is 16.6. The van der Waals surface area contributed by atoms with E-state index >= 15 is 0 Å². The third kappa shape index (κ3) is 4.47. The molecule has 28 heavy (non-hydrogen) atoms. The van der Waals surface area contributed by atoms with Crippen molar-refractivity contribution in [2.45, 2.75) is 50.3 Å². The van der Waals surface area contributed by atoms with Gasteiger partial charge in [0.2, 0.25) is 10.0 Å². The van der Waals surface area contributed by atoms with E-state index < -0.39 is 10.0 Å². The van der Waals surface area contributed by atoms with Crippen molar-refractivity contribution < 1.29 is 17.9 Å². The number of benzene rings is 1. The van der Waals surface area contributed by atoms with Gasteiger partial charge in [0.15, 0.2) is 0 Å². The number of aromatic nitrogens is 1. The topological polar surface area (TPSA) is 68.7 Å². The Morgan fingerprint density at radius 2 is 1.64 bits per heavy atom. The zero-order valence-electron chi connectivity index (χ0n) is 15.8. The molecule has 1 aromatic carbocycles. The smallest absolute Gasteiger partial charge is 0.214 e. The summed E-state index contributed by atoms with van der Waals surface area (Å²) < 4.78 is 39.4. The molecule has 0 spiro atoms. The molecule has 7 heteroatoms. The van der Waals surface area contributed by atoms with E-state index in [-0.39, 0.29) is 23.9 Å². The van der Waals surface area contributed by atoms with Crippen LogP contribution in [0.3, 0.4) is 0 Å². The molecule has 3 heterocycles. The van der Waals surface area contributed by atoms with Gasteiger partial charge < -0.3 is 9.47 Å². The summed E-state index contributed by atoms with van der Waals surface area (Å²) in [7, 11) is -3.28. The molecule has 1 aromatic heterocycles. The molecular weight excluding hydrogens is 376 g/mol. The summed E-state index contributed by atoms with van der Waals surface area (Å²) in [6, 6.07) is 13.3. The number of hydrogen-bond donors (Lipinski definition) is 0. The summed E-state index contributed by atoms with van der Waals surface area (Å²) >= 11 is 0. The maximum Gasteiger partial charge on any atom is 0.214 e. The fraction of sp³-hybridized carbons (Fsp3) is 0.476. The minimum absolute atomic E-state index is 0.0469. The molecule has 0 aliphatic carbocycles.